The van der Waals surface area contributed by atoms with E-state index in [1.165, 1.54) is 25.7 Å². The summed E-state index contributed by atoms with van der Waals surface area (Å²) in [6, 6.07) is 0.389. The highest BCUT2D eigenvalue weighted by atomic mass is 16.5. The summed E-state index contributed by atoms with van der Waals surface area (Å²) in [5.74, 6) is 0. The van der Waals surface area contributed by atoms with E-state index in [2.05, 4.69) is 13.8 Å². The molecule has 3 nitrogen and oxygen atoms in total. The molecular formula is C15H27NO2. The van der Waals surface area contributed by atoms with Crippen LogP contribution < -0.4 is 5.73 Å². The minimum absolute atomic E-state index is 0.338. The van der Waals surface area contributed by atoms with Crippen LogP contribution in [-0.2, 0) is 9.47 Å². The van der Waals surface area contributed by atoms with Gasteiger partial charge in [-0.25, -0.2) is 0 Å². The fraction of sp³-hybridized carbons (Fsp3) is 1.00. The summed E-state index contributed by atoms with van der Waals surface area (Å²) in [6.45, 7) is 4.31. The molecule has 0 amide bonds. The van der Waals surface area contributed by atoms with Gasteiger partial charge in [-0.3, -0.25) is 0 Å². The SMILES string of the molecule is CC1CC(OC2CC(N)C23CCCC3)CC(C)O1. The van der Waals surface area contributed by atoms with Crippen molar-refractivity contribution in [2.75, 3.05) is 0 Å². The lowest BCUT2D eigenvalue weighted by molar-refractivity contribution is -0.187. The standard InChI is InChI=1S/C15H27NO2/c1-10-7-12(8-11(2)17-10)18-14-9-13(16)15(14)5-3-4-6-15/h10-14H,3-9,16H2,1-2H3. The molecule has 0 bridgehead atoms. The predicted molar refractivity (Wildman–Crippen MR) is 71.4 cm³/mol. The third kappa shape index (κ3) is 2.10. The number of nitrogens with two attached hydrogens (primary N) is 1. The van der Waals surface area contributed by atoms with E-state index in [1.54, 1.807) is 0 Å². The topological polar surface area (TPSA) is 44.5 Å². The average Bonchev–Trinajstić information content (AvgIpc) is 2.79. The molecule has 0 radical (unpaired) electrons. The van der Waals surface area contributed by atoms with Crippen molar-refractivity contribution in [2.45, 2.75) is 89.3 Å². The van der Waals surface area contributed by atoms with Gasteiger partial charge in [-0.2, -0.15) is 0 Å². The zero-order chi connectivity index (χ0) is 12.8. The van der Waals surface area contributed by atoms with Gasteiger partial charge in [-0.05, 0) is 46.0 Å². The summed E-state index contributed by atoms with van der Waals surface area (Å²) in [4.78, 5) is 0. The molecule has 1 saturated heterocycles. The molecule has 1 aliphatic heterocycles. The second-order valence-corrected chi connectivity index (χ2v) is 6.76. The predicted octanol–water partition coefficient (Wildman–Crippen LogP) is 2.62. The van der Waals surface area contributed by atoms with E-state index in [0.717, 1.165) is 19.3 Å². The van der Waals surface area contributed by atoms with Gasteiger partial charge in [0.15, 0.2) is 0 Å². The van der Waals surface area contributed by atoms with Gasteiger partial charge in [0.05, 0.1) is 24.4 Å². The Morgan fingerprint density at radius 3 is 2.22 bits per heavy atom. The number of rotatable bonds is 2. The zero-order valence-corrected chi connectivity index (χ0v) is 11.7. The molecule has 2 N–H and O–H groups in total. The van der Waals surface area contributed by atoms with Crippen LogP contribution in [0.2, 0.25) is 0 Å². The molecule has 2 aliphatic carbocycles. The highest BCUT2D eigenvalue weighted by Gasteiger charge is 2.55. The molecule has 3 rings (SSSR count). The molecule has 18 heavy (non-hydrogen) atoms. The fourth-order valence-corrected chi connectivity index (χ4v) is 4.38. The second-order valence-electron chi connectivity index (χ2n) is 6.76. The van der Waals surface area contributed by atoms with Crippen LogP contribution in [0.3, 0.4) is 0 Å². The Balaban J connectivity index is 1.60. The Hall–Kier alpha value is -0.120. The lowest BCUT2D eigenvalue weighted by atomic mass is 9.61. The Morgan fingerprint density at radius 2 is 1.67 bits per heavy atom. The first kappa shape index (κ1) is 12.9. The summed E-state index contributed by atoms with van der Waals surface area (Å²) in [6.07, 6.45) is 9.91. The molecule has 1 heterocycles. The van der Waals surface area contributed by atoms with E-state index in [9.17, 15) is 0 Å². The number of ether oxygens (including phenoxy) is 2. The summed E-state index contributed by atoms with van der Waals surface area (Å²) in [5.41, 5.74) is 6.60. The lowest BCUT2D eigenvalue weighted by Crippen LogP contribution is -2.62. The molecule has 4 unspecified atom stereocenters. The maximum atomic E-state index is 6.42. The van der Waals surface area contributed by atoms with Gasteiger partial charge in [-0.1, -0.05) is 12.8 Å². The maximum absolute atomic E-state index is 6.42. The quantitative estimate of drug-likeness (QED) is 0.822. The van der Waals surface area contributed by atoms with Crippen LogP contribution in [0.5, 0.6) is 0 Å². The monoisotopic (exact) mass is 253 g/mol. The molecule has 0 aromatic heterocycles. The minimum Gasteiger partial charge on any atom is -0.375 e. The van der Waals surface area contributed by atoms with Crippen LogP contribution in [-0.4, -0.2) is 30.5 Å². The molecule has 3 aliphatic rings. The van der Waals surface area contributed by atoms with Crippen molar-refractivity contribution < 1.29 is 9.47 Å². The van der Waals surface area contributed by atoms with Crippen LogP contribution in [0.25, 0.3) is 0 Å². The molecule has 2 saturated carbocycles. The van der Waals surface area contributed by atoms with Crippen molar-refractivity contribution in [3.8, 4) is 0 Å². The largest absolute Gasteiger partial charge is 0.375 e. The molecule has 104 valence electrons. The van der Waals surface area contributed by atoms with Crippen LogP contribution in [0, 0.1) is 5.41 Å². The average molecular weight is 253 g/mol. The molecule has 0 aromatic rings. The highest BCUT2D eigenvalue weighted by molar-refractivity contribution is 5.09. The Kier molecular flexibility index (Phi) is 3.41. The van der Waals surface area contributed by atoms with E-state index < -0.39 is 0 Å². The molecule has 3 fully saturated rings. The maximum Gasteiger partial charge on any atom is 0.0664 e. The van der Waals surface area contributed by atoms with Gasteiger partial charge in [-0.15, -0.1) is 0 Å². The third-order valence-corrected chi connectivity index (χ3v) is 5.39. The van der Waals surface area contributed by atoms with E-state index in [4.69, 9.17) is 15.2 Å². The molecule has 1 spiro atoms. The third-order valence-electron chi connectivity index (χ3n) is 5.39. The van der Waals surface area contributed by atoms with Crippen molar-refractivity contribution in [3.63, 3.8) is 0 Å². The van der Waals surface area contributed by atoms with Gasteiger partial charge in [0, 0.05) is 11.5 Å². The lowest BCUT2D eigenvalue weighted by Gasteiger charge is -2.54. The first-order chi connectivity index (χ1) is 8.60. The number of hydrogen-bond acceptors (Lipinski definition) is 3. The van der Waals surface area contributed by atoms with Crippen LogP contribution >= 0.6 is 0 Å². The van der Waals surface area contributed by atoms with Crippen LogP contribution in [0.1, 0.15) is 58.8 Å². The van der Waals surface area contributed by atoms with E-state index in [1.807, 2.05) is 0 Å². The first-order valence-electron chi connectivity index (χ1n) is 7.66. The van der Waals surface area contributed by atoms with Crippen LogP contribution in [0.15, 0.2) is 0 Å². The van der Waals surface area contributed by atoms with E-state index >= 15 is 0 Å². The van der Waals surface area contributed by atoms with Crippen molar-refractivity contribution >= 4 is 0 Å². The summed E-state index contributed by atoms with van der Waals surface area (Å²) in [5, 5.41) is 0. The Labute approximate surface area is 110 Å². The van der Waals surface area contributed by atoms with Crippen LogP contribution in [0.4, 0.5) is 0 Å². The van der Waals surface area contributed by atoms with E-state index in [-0.39, 0.29) is 0 Å². The van der Waals surface area contributed by atoms with E-state index in [0.29, 0.717) is 35.9 Å². The van der Waals surface area contributed by atoms with Crippen molar-refractivity contribution in [2.24, 2.45) is 11.1 Å². The summed E-state index contributed by atoms with van der Waals surface area (Å²) >= 11 is 0. The smallest absolute Gasteiger partial charge is 0.0664 e. The van der Waals surface area contributed by atoms with Gasteiger partial charge < -0.3 is 15.2 Å². The highest BCUT2D eigenvalue weighted by Crippen LogP contribution is 2.54. The molecule has 0 aromatic carbocycles. The molecular weight excluding hydrogens is 226 g/mol. The summed E-state index contributed by atoms with van der Waals surface area (Å²) in [7, 11) is 0. The van der Waals surface area contributed by atoms with Crippen molar-refractivity contribution in [1.82, 2.24) is 0 Å². The van der Waals surface area contributed by atoms with Gasteiger partial charge in [0.2, 0.25) is 0 Å². The summed E-state index contributed by atoms with van der Waals surface area (Å²) < 4.78 is 12.2. The van der Waals surface area contributed by atoms with Gasteiger partial charge >= 0.3 is 0 Å². The fourth-order valence-electron chi connectivity index (χ4n) is 4.38. The van der Waals surface area contributed by atoms with Crippen molar-refractivity contribution in [1.29, 1.82) is 0 Å². The normalized spacial score (nSPS) is 47.2. The Bertz CT molecular complexity index is 291. The van der Waals surface area contributed by atoms with Gasteiger partial charge in [0.1, 0.15) is 0 Å². The molecule has 4 atom stereocenters. The zero-order valence-electron chi connectivity index (χ0n) is 11.7. The first-order valence-corrected chi connectivity index (χ1v) is 7.66. The molecule has 3 heteroatoms. The second kappa shape index (κ2) is 4.77. The minimum atomic E-state index is 0.338. The van der Waals surface area contributed by atoms with Gasteiger partial charge in [0.25, 0.3) is 0 Å². The number of hydrogen-bond donors (Lipinski definition) is 1. The van der Waals surface area contributed by atoms with Crippen molar-refractivity contribution in [3.05, 3.63) is 0 Å². The Morgan fingerprint density at radius 1 is 1.06 bits per heavy atom.